The highest BCUT2D eigenvalue weighted by Crippen LogP contribution is 2.36. The van der Waals surface area contributed by atoms with E-state index in [-0.39, 0.29) is 10.6 Å². The van der Waals surface area contributed by atoms with Gasteiger partial charge in [-0.1, -0.05) is 12.8 Å². The molecule has 0 radical (unpaired) electrons. The summed E-state index contributed by atoms with van der Waals surface area (Å²) in [6, 6.07) is 5.43. The second-order valence-electron chi connectivity index (χ2n) is 6.36. The molecule has 0 aromatic heterocycles. The summed E-state index contributed by atoms with van der Waals surface area (Å²) >= 11 is 0. The third kappa shape index (κ3) is 3.02. The molecule has 0 amide bonds. The number of hydrogen-bond donors (Lipinski definition) is 1. The monoisotopic (exact) mass is 289 g/mol. The van der Waals surface area contributed by atoms with Crippen molar-refractivity contribution in [1.29, 1.82) is 0 Å². The maximum absolute atomic E-state index is 10.9. The summed E-state index contributed by atoms with van der Waals surface area (Å²) in [5.41, 5.74) is 7.72. The lowest BCUT2D eigenvalue weighted by atomic mass is 9.78. The van der Waals surface area contributed by atoms with Gasteiger partial charge in [-0.15, -0.1) is 0 Å². The highest BCUT2D eigenvalue weighted by molar-refractivity contribution is 5.52. The van der Waals surface area contributed by atoms with E-state index in [1.165, 1.54) is 44.6 Å². The number of nitrogens with two attached hydrogens (primary N) is 1. The Morgan fingerprint density at radius 3 is 2.81 bits per heavy atom. The highest BCUT2D eigenvalue weighted by atomic mass is 16.6. The number of nitrogens with zero attached hydrogens (tertiary/aromatic N) is 2. The van der Waals surface area contributed by atoms with Crippen molar-refractivity contribution in [2.24, 2.45) is 5.92 Å². The van der Waals surface area contributed by atoms with Gasteiger partial charge in [0.1, 0.15) is 0 Å². The van der Waals surface area contributed by atoms with Crippen LogP contribution in [0.25, 0.3) is 0 Å². The number of nitrogen functional groups attached to an aromatic ring is 1. The van der Waals surface area contributed by atoms with E-state index in [2.05, 4.69) is 4.90 Å². The molecular weight excluding hydrogens is 266 g/mol. The van der Waals surface area contributed by atoms with Gasteiger partial charge in [0.15, 0.2) is 0 Å². The zero-order valence-corrected chi connectivity index (χ0v) is 12.3. The number of anilines is 1. The van der Waals surface area contributed by atoms with Crippen molar-refractivity contribution in [3.05, 3.63) is 33.9 Å². The van der Waals surface area contributed by atoms with Crippen LogP contribution in [0.2, 0.25) is 0 Å². The average Bonchev–Trinajstić information content (AvgIpc) is 2.49. The number of non-ortho nitro benzene ring substituents is 1. The fourth-order valence-corrected chi connectivity index (χ4v) is 3.99. The molecule has 1 aromatic rings. The van der Waals surface area contributed by atoms with E-state index < -0.39 is 0 Å². The Labute approximate surface area is 125 Å². The van der Waals surface area contributed by atoms with E-state index in [0.29, 0.717) is 11.7 Å². The Kier molecular flexibility index (Phi) is 4.10. The lowest BCUT2D eigenvalue weighted by Gasteiger charge is -2.44. The molecule has 2 atom stereocenters. The summed E-state index contributed by atoms with van der Waals surface area (Å²) in [5, 5.41) is 10.9. The number of hydrogen-bond acceptors (Lipinski definition) is 4. The van der Waals surface area contributed by atoms with Gasteiger partial charge >= 0.3 is 0 Å². The molecule has 1 aliphatic heterocycles. The van der Waals surface area contributed by atoms with Crippen LogP contribution in [0.1, 0.15) is 44.1 Å². The minimum absolute atomic E-state index is 0.136. The molecule has 1 aromatic carbocycles. The van der Waals surface area contributed by atoms with Gasteiger partial charge in [0.25, 0.3) is 5.69 Å². The zero-order chi connectivity index (χ0) is 14.8. The minimum Gasteiger partial charge on any atom is -0.398 e. The molecule has 3 rings (SSSR count). The normalized spacial score (nSPS) is 26.3. The van der Waals surface area contributed by atoms with Crippen LogP contribution < -0.4 is 5.73 Å². The minimum atomic E-state index is -0.345. The second kappa shape index (κ2) is 6.02. The molecule has 2 aliphatic rings. The van der Waals surface area contributed by atoms with Gasteiger partial charge in [-0.05, 0) is 49.8 Å². The van der Waals surface area contributed by atoms with Crippen LogP contribution >= 0.6 is 0 Å². The Bertz CT molecular complexity index is 530. The van der Waals surface area contributed by atoms with Crippen LogP contribution in [0.3, 0.4) is 0 Å². The molecule has 0 spiro atoms. The predicted octanol–water partition coefficient (Wildman–Crippen LogP) is 3.33. The molecule has 1 aliphatic carbocycles. The predicted molar refractivity (Wildman–Crippen MR) is 82.9 cm³/mol. The Hall–Kier alpha value is -1.62. The van der Waals surface area contributed by atoms with Gasteiger partial charge in [-0.2, -0.15) is 0 Å². The SMILES string of the molecule is Nc1ccc([N+](=O)[O-])cc1CN1CCCC2CCCCC21. The number of benzene rings is 1. The van der Waals surface area contributed by atoms with Crippen molar-refractivity contribution in [2.45, 2.75) is 51.1 Å². The van der Waals surface area contributed by atoms with Crippen molar-refractivity contribution in [3.63, 3.8) is 0 Å². The van der Waals surface area contributed by atoms with Crippen LogP contribution in [-0.2, 0) is 6.54 Å². The lowest BCUT2D eigenvalue weighted by molar-refractivity contribution is -0.384. The van der Waals surface area contributed by atoms with Crippen LogP contribution in [0.15, 0.2) is 18.2 Å². The van der Waals surface area contributed by atoms with E-state index in [1.807, 2.05) is 0 Å². The molecule has 5 heteroatoms. The molecular formula is C16H23N3O2. The summed E-state index contributed by atoms with van der Waals surface area (Å²) in [6.07, 6.45) is 7.84. The number of nitro benzene ring substituents is 1. The van der Waals surface area contributed by atoms with Crippen LogP contribution in [0.5, 0.6) is 0 Å². The Balaban J connectivity index is 1.78. The summed E-state index contributed by atoms with van der Waals surface area (Å²) < 4.78 is 0. The molecule has 1 saturated heterocycles. The highest BCUT2D eigenvalue weighted by Gasteiger charge is 2.33. The molecule has 1 heterocycles. The number of likely N-dealkylation sites (tertiary alicyclic amines) is 1. The quantitative estimate of drug-likeness (QED) is 0.526. The summed E-state index contributed by atoms with van der Waals surface area (Å²) in [6.45, 7) is 1.83. The molecule has 2 N–H and O–H groups in total. The molecule has 1 saturated carbocycles. The van der Waals surface area contributed by atoms with Crippen molar-refractivity contribution < 1.29 is 4.92 Å². The maximum Gasteiger partial charge on any atom is 0.269 e. The summed E-state index contributed by atoms with van der Waals surface area (Å²) in [7, 11) is 0. The van der Waals surface area contributed by atoms with Crippen LogP contribution in [0.4, 0.5) is 11.4 Å². The van der Waals surface area contributed by atoms with Gasteiger partial charge in [0.2, 0.25) is 0 Å². The zero-order valence-electron chi connectivity index (χ0n) is 12.3. The van der Waals surface area contributed by atoms with E-state index in [1.54, 1.807) is 12.1 Å². The first-order valence-electron chi connectivity index (χ1n) is 7.92. The second-order valence-corrected chi connectivity index (χ2v) is 6.36. The first kappa shape index (κ1) is 14.3. The topological polar surface area (TPSA) is 72.4 Å². The smallest absolute Gasteiger partial charge is 0.269 e. The molecule has 2 unspecified atom stereocenters. The molecule has 114 valence electrons. The summed E-state index contributed by atoms with van der Waals surface area (Å²) in [4.78, 5) is 13.1. The van der Waals surface area contributed by atoms with E-state index in [4.69, 9.17) is 5.73 Å². The molecule has 5 nitrogen and oxygen atoms in total. The number of piperidine rings is 1. The van der Waals surface area contributed by atoms with E-state index >= 15 is 0 Å². The van der Waals surface area contributed by atoms with Crippen molar-refractivity contribution in [3.8, 4) is 0 Å². The van der Waals surface area contributed by atoms with Gasteiger partial charge in [0.05, 0.1) is 4.92 Å². The molecule has 21 heavy (non-hydrogen) atoms. The average molecular weight is 289 g/mol. The van der Waals surface area contributed by atoms with Crippen LogP contribution in [0, 0.1) is 16.0 Å². The van der Waals surface area contributed by atoms with Crippen molar-refractivity contribution in [1.82, 2.24) is 4.90 Å². The lowest BCUT2D eigenvalue weighted by Crippen LogP contribution is -2.46. The van der Waals surface area contributed by atoms with Crippen molar-refractivity contribution >= 4 is 11.4 Å². The largest absolute Gasteiger partial charge is 0.398 e. The van der Waals surface area contributed by atoms with E-state index in [0.717, 1.165) is 24.6 Å². The summed E-state index contributed by atoms with van der Waals surface area (Å²) in [5.74, 6) is 0.812. The van der Waals surface area contributed by atoms with Crippen LogP contribution in [-0.4, -0.2) is 22.4 Å². The maximum atomic E-state index is 10.9. The Morgan fingerprint density at radius 2 is 2.00 bits per heavy atom. The van der Waals surface area contributed by atoms with Gasteiger partial charge in [0, 0.05) is 30.4 Å². The van der Waals surface area contributed by atoms with Gasteiger partial charge in [-0.25, -0.2) is 0 Å². The first-order chi connectivity index (χ1) is 10.1. The third-order valence-electron chi connectivity index (χ3n) is 5.07. The third-order valence-corrected chi connectivity index (χ3v) is 5.07. The number of rotatable bonds is 3. The van der Waals surface area contributed by atoms with Gasteiger partial charge < -0.3 is 5.73 Å². The van der Waals surface area contributed by atoms with Crippen molar-refractivity contribution in [2.75, 3.05) is 12.3 Å². The fourth-order valence-electron chi connectivity index (χ4n) is 3.99. The molecule has 0 bridgehead atoms. The first-order valence-corrected chi connectivity index (χ1v) is 7.92. The Morgan fingerprint density at radius 1 is 1.24 bits per heavy atom. The molecule has 2 fully saturated rings. The van der Waals surface area contributed by atoms with Gasteiger partial charge in [-0.3, -0.25) is 15.0 Å². The standard InChI is InChI=1S/C16H23N3O2/c17-15-8-7-14(19(20)21)10-13(15)11-18-9-3-5-12-4-1-2-6-16(12)18/h7-8,10,12,16H,1-6,9,11,17H2. The number of fused-ring (bicyclic) bond motifs is 1. The fraction of sp³-hybridized carbons (Fsp3) is 0.625. The number of nitro groups is 1. The van der Waals surface area contributed by atoms with E-state index in [9.17, 15) is 10.1 Å².